The number of nitrogens with zero attached hydrogens (tertiary/aromatic N) is 1. The van der Waals surface area contributed by atoms with Gasteiger partial charge in [0.15, 0.2) is 0 Å². The lowest BCUT2D eigenvalue weighted by molar-refractivity contribution is -0.150. The van der Waals surface area contributed by atoms with E-state index in [1.165, 1.54) is 0 Å². The van der Waals surface area contributed by atoms with Crippen LogP contribution in [0.25, 0.3) is 0 Å². The van der Waals surface area contributed by atoms with Gasteiger partial charge >= 0.3 is 12.0 Å². The summed E-state index contributed by atoms with van der Waals surface area (Å²) in [6.07, 6.45) is 3.42. The molecule has 1 saturated heterocycles. The number of aliphatic carboxylic acids is 1. The molecule has 1 fully saturated rings. The second-order valence-corrected chi connectivity index (χ2v) is 6.55. The number of carboxylic acid groups (broad SMARTS) is 1. The van der Waals surface area contributed by atoms with E-state index in [1.807, 2.05) is 6.26 Å². The number of thioether (sulfide) groups is 1. The smallest absolute Gasteiger partial charge is 0.317 e. The van der Waals surface area contributed by atoms with Crippen molar-refractivity contribution in [3.8, 4) is 0 Å². The summed E-state index contributed by atoms with van der Waals surface area (Å²) < 4.78 is 0. The van der Waals surface area contributed by atoms with Crippen molar-refractivity contribution in [2.45, 2.75) is 26.7 Å². The maximum Gasteiger partial charge on any atom is 0.317 e. The molecule has 1 aliphatic rings. The number of nitrogens with one attached hydrogen (secondary N) is 1. The zero-order valence-electron chi connectivity index (χ0n) is 11.9. The van der Waals surface area contributed by atoms with Crippen LogP contribution in [0.4, 0.5) is 4.79 Å². The molecule has 0 spiro atoms. The lowest BCUT2D eigenvalue weighted by Gasteiger charge is -2.37. The van der Waals surface area contributed by atoms with Gasteiger partial charge in [-0.2, -0.15) is 11.8 Å². The van der Waals surface area contributed by atoms with Crippen molar-refractivity contribution >= 4 is 23.8 Å². The van der Waals surface area contributed by atoms with E-state index in [0.717, 1.165) is 12.2 Å². The fraction of sp³-hybridized carbons (Fsp3) is 0.846. The number of likely N-dealkylation sites (tertiary alicyclic amines) is 1. The third kappa shape index (κ3) is 4.60. The molecule has 0 aromatic carbocycles. The summed E-state index contributed by atoms with van der Waals surface area (Å²) in [5.74, 6) is 0.614. The van der Waals surface area contributed by atoms with Gasteiger partial charge in [0.05, 0.1) is 5.41 Å². The molecule has 5 nitrogen and oxygen atoms in total. The summed E-state index contributed by atoms with van der Waals surface area (Å²) in [5, 5.41) is 12.1. The second-order valence-electron chi connectivity index (χ2n) is 5.64. The van der Waals surface area contributed by atoms with Gasteiger partial charge in [-0.15, -0.1) is 0 Å². The van der Waals surface area contributed by atoms with Crippen LogP contribution in [0.5, 0.6) is 0 Å². The van der Waals surface area contributed by atoms with Crippen LogP contribution >= 0.6 is 11.8 Å². The van der Waals surface area contributed by atoms with Gasteiger partial charge in [-0.25, -0.2) is 4.79 Å². The summed E-state index contributed by atoms with van der Waals surface area (Å²) in [6.45, 7) is 5.39. The number of amides is 2. The average molecular weight is 288 g/mol. The van der Waals surface area contributed by atoms with E-state index in [9.17, 15) is 14.7 Å². The van der Waals surface area contributed by atoms with Crippen LogP contribution in [-0.2, 0) is 4.79 Å². The molecule has 0 radical (unpaired) electrons. The molecule has 110 valence electrons. The van der Waals surface area contributed by atoms with Crippen LogP contribution in [-0.4, -0.2) is 53.6 Å². The molecule has 2 N–H and O–H groups in total. The number of carboxylic acids is 1. The van der Waals surface area contributed by atoms with E-state index < -0.39 is 11.4 Å². The van der Waals surface area contributed by atoms with Crippen LogP contribution in [0.2, 0.25) is 0 Å². The predicted octanol–water partition coefficient (Wildman–Crippen LogP) is 1.88. The Morgan fingerprint density at radius 3 is 2.79 bits per heavy atom. The van der Waals surface area contributed by atoms with Crippen LogP contribution in [0.3, 0.4) is 0 Å². The Morgan fingerprint density at radius 1 is 1.53 bits per heavy atom. The Labute approximate surface area is 119 Å². The molecule has 19 heavy (non-hydrogen) atoms. The molecule has 2 amide bonds. The first kappa shape index (κ1) is 16.1. The molecular weight excluding hydrogens is 264 g/mol. The molecule has 0 bridgehead atoms. The molecule has 2 atom stereocenters. The Balaban J connectivity index is 2.46. The summed E-state index contributed by atoms with van der Waals surface area (Å²) in [7, 11) is 0. The Morgan fingerprint density at radius 2 is 2.21 bits per heavy atom. The van der Waals surface area contributed by atoms with Crippen LogP contribution in [0.1, 0.15) is 26.7 Å². The van der Waals surface area contributed by atoms with Crippen LogP contribution < -0.4 is 5.32 Å². The highest BCUT2D eigenvalue weighted by atomic mass is 32.2. The Kier molecular flexibility index (Phi) is 5.97. The van der Waals surface area contributed by atoms with E-state index in [-0.39, 0.29) is 6.03 Å². The fourth-order valence-corrected chi connectivity index (χ4v) is 2.99. The van der Waals surface area contributed by atoms with Gasteiger partial charge in [-0.1, -0.05) is 6.92 Å². The van der Waals surface area contributed by atoms with Gasteiger partial charge in [0.1, 0.15) is 0 Å². The molecular formula is C13H24N2O3S. The number of urea groups is 1. The lowest BCUT2D eigenvalue weighted by atomic mass is 9.82. The van der Waals surface area contributed by atoms with Crippen molar-refractivity contribution < 1.29 is 14.7 Å². The van der Waals surface area contributed by atoms with Crippen LogP contribution in [0.15, 0.2) is 0 Å². The highest BCUT2D eigenvalue weighted by Gasteiger charge is 2.39. The monoisotopic (exact) mass is 288 g/mol. The van der Waals surface area contributed by atoms with Gasteiger partial charge in [-0.3, -0.25) is 4.79 Å². The van der Waals surface area contributed by atoms with Gasteiger partial charge < -0.3 is 15.3 Å². The average Bonchev–Trinajstić information content (AvgIpc) is 2.36. The zero-order chi connectivity index (χ0) is 14.5. The zero-order valence-corrected chi connectivity index (χ0v) is 12.8. The summed E-state index contributed by atoms with van der Waals surface area (Å²) in [6, 6.07) is -0.139. The van der Waals surface area contributed by atoms with Gasteiger partial charge in [-0.05, 0) is 37.7 Å². The van der Waals surface area contributed by atoms with Crippen molar-refractivity contribution in [3.05, 3.63) is 0 Å². The number of carbonyl (C=O) groups excluding carboxylic acids is 1. The highest BCUT2D eigenvalue weighted by Crippen LogP contribution is 2.29. The molecule has 2 unspecified atom stereocenters. The first-order chi connectivity index (χ1) is 8.89. The fourth-order valence-electron chi connectivity index (χ4n) is 2.30. The molecule has 0 aliphatic carbocycles. The SMILES string of the molecule is CSCC(C)CNC(=O)N1CCCC(C)(C(=O)O)C1. The molecule has 0 aromatic rings. The third-order valence-corrected chi connectivity index (χ3v) is 4.46. The number of rotatable bonds is 5. The van der Waals surface area contributed by atoms with E-state index in [2.05, 4.69) is 12.2 Å². The first-order valence-corrected chi connectivity index (χ1v) is 8.03. The maximum absolute atomic E-state index is 12.0. The Bertz CT molecular complexity index is 338. The Hall–Kier alpha value is -0.910. The second kappa shape index (κ2) is 7.03. The minimum atomic E-state index is -0.819. The maximum atomic E-state index is 12.0. The quantitative estimate of drug-likeness (QED) is 0.810. The lowest BCUT2D eigenvalue weighted by Crippen LogP contribution is -2.52. The van der Waals surface area contributed by atoms with Crippen molar-refractivity contribution in [1.29, 1.82) is 0 Å². The first-order valence-electron chi connectivity index (χ1n) is 6.64. The van der Waals surface area contributed by atoms with Crippen molar-refractivity contribution in [2.75, 3.05) is 31.6 Å². The minimum Gasteiger partial charge on any atom is -0.481 e. The normalized spacial score (nSPS) is 24.9. The number of carbonyl (C=O) groups is 2. The summed E-state index contributed by atoms with van der Waals surface area (Å²) >= 11 is 1.76. The van der Waals surface area contributed by atoms with E-state index in [1.54, 1.807) is 23.6 Å². The molecule has 0 saturated carbocycles. The molecule has 6 heteroatoms. The third-order valence-electron chi connectivity index (χ3n) is 3.55. The molecule has 1 aliphatic heterocycles. The largest absolute Gasteiger partial charge is 0.481 e. The van der Waals surface area contributed by atoms with Crippen molar-refractivity contribution in [1.82, 2.24) is 10.2 Å². The number of hydrogen-bond acceptors (Lipinski definition) is 3. The summed E-state index contributed by atoms with van der Waals surface area (Å²) in [4.78, 5) is 24.9. The van der Waals surface area contributed by atoms with E-state index in [4.69, 9.17) is 0 Å². The minimum absolute atomic E-state index is 0.139. The van der Waals surface area contributed by atoms with Crippen molar-refractivity contribution in [3.63, 3.8) is 0 Å². The number of hydrogen-bond donors (Lipinski definition) is 2. The molecule has 0 aromatic heterocycles. The van der Waals surface area contributed by atoms with Gasteiger partial charge in [0, 0.05) is 19.6 Å². The molecule has 1 rings (SSSR count). The van der Waals surface area contributed by atoms with Crippen LogP contribution in [0, 0.1) is 11.3 Å². The summed E-state index contributed by atoms with van der Waals surface area (Å²) in [5.41, 5.74) is -0.805. The van der Waals surface area contributed by atoms with E-state index in [0.29, 0.717) is 32.0 Å². The predicted molar refractivity (Wildman–Crippen MR) is 77.5 cm³/mol. The van der Waals surface area contributed by atoms with E-state index >= 15 is 0 Å². The van der Waals surface area contributed by atoms with Gasteiger partial charge in [0.25, 0.3) is 0 Å². The topological polar surface area (TPSA) is 69.6 Å². The highest BCUT2D eigenvalue weighted by molar-refractivity contribution is 7.98. The van der Waals surface area contributed by atoms with Crippen molar-refractivity contribution in [2.24, 2.45) is 11.3 Å². The van der Waals surface area contributed by atoms with Gasteiger partial charge in [0.2, 0.25) is 0 Å². The standard InChI is InChI=1S/C13H24N2O3S/c1-10(8-19-3)7-14-12(18)15-6-4-5-13(2,9-15)11(16)17/h10H,4-9H2,1-3H3,(H,14,18)(H,16,17). The number of piperidine rings is 1. The molecule has 1 heterocycles.